The molecule has 11 rings (SSSR count). The molecule has 0 saturated carbocycles. The van der Waals surface area contributed by atoms with Crippen LogP contribution in [0.4, 0.5) is 0 Å². The molecule has 0 amide bonds. The number of benzene rings is 7. The quantitative estimate of drug-likeness (QED) is 0.186. The molecule has 0 radical (unpaired) electrons. The van der Waals surface area contributed by atoms with E-state index in [4.69, 9.17) is 4.98 Å². The average Bonchev–Trinajstić information content (AvgIpc) is 3.87. The van der Waals surface area contributed by atoms with Crippen LogP contribution < -0.4 is 0 Å². The largest absolute Gasteiger partial charge is 0.309 e. The lowest BCUT2D eigenvalue weighted by Gasteiger charge is -2.13. The van der Waals surface area contributed by atoms with Gasteiger partial charge in [-0.1, -0.05) is 84.9 Å². The van der Waals surface area contributed by atoms with Crippen LogP contribution in [0.3, 0.4) is 0 Å². The van der Waals surface area contributed by atoms with Crippen LogP contribution in [0.25, 0.3) is 93.7 Å². The van der Waals surface area contributed by atoms with Gasteiger partial charge in [0.05, 0.1) is 39.2 Å². The fourth-order valence-corrected chi connectivity index (χ4v) is 8.46. The smallest absolute Gasteiger partial charge is 0.145 e. The number of aromatic nitrogens is 4. The van der Waals surface area contributed by atoms with E-state index >= 15 is 0 Å². The monoisotopic (exact) mass is 675 g/mol. The van der Waals surface area contributed by atoms with Crippen molar-refractivity contribution in [3.63, 3.8) is 0 Å². The lowest BCUT2D eigenvalue weighted by Crippen LogP contribution is -1.97. The molecule has 0 bridgehead atoms. The molecule has 5 nitrogen and oxygen atoms in total. The summed E-state index contributed by atoms with van der Waals surface area (Å²) in [7, 11) is 0. The molecule has 0 fully saturated rings. The van der Waals surface area contributed by atoms with E-state index in [-0.39, 0.29) is 0 Å². The lowest BCUT2D eigenvalue weighted by atomic mass is 10.0. The average molecular weight is 676 g/mol. The molecule has 0 aliphatic heterocycles. The third-order valence-electron chi connectivity index (χ3n) is 10.7. The van der Waals surface area contributed by atoms with Crippen molar-refractivity contribution in [3.8, 4) is 34.3 Å². The Morgan fingerprint density at radius 1 is 0.415 bits per heavy atom. The number of rotatable bonds is 4. The standard InChI is InChI=1S/C48H29N5/c49-30-31-22-24-44-41(27-31)37-17-4-6-20-42(37)52(44)35-15-8-11-32(28-35)33-12-9-16-36(29-33)53-47-38(39-19-10-26-50-48(39)53)23-25-45-46(47)40-18-5-7-21-43(40)51(45)34-13-2-1-3-14-34/h1-29H. The van der Waals surface area contributed by atoms with Crippen molar-refractivity contribution in [3.05, 3.63) is 182 Å². The SMILES string of the molecule is N#Cc1ccc2c(c1)c1ccccc1n2-c1cccc(-c2cccc(-n3c4ncccc4c4ccc5c(c6ccccc6n5-c5ccccc5)c43)c2)c1. The van der Waals surface area contributed by atoms with E-state index < -0.39 is 0 Å². The minimum absolute atomic E-state index is 0.660. The predicted molar refractivity (Wildman–Crippen MR) is 217 cm³/mol. The highest BCUT2D eigenvalue weighted by Gasteiger charge is 2.21. The molecule has 7 aromatic carbocycles. The first-order valence-electron chi connectivity index (χ1n) is 17.8. The molecule has 11 aromatic rings. The Labute approximate surface area is 304 Å². The zero-order chi connectivity index (χ0) is 35.0. The van der Waals surface area contributed by atoms with Crippen LogP contribution in [0.5, 0.6) is 0 Å². The topological polar surface area (TPSA) is 51.5 Å². The molecule has 0 unspecified atom stereocenters. The van der Waals surface area contributed by atoms with Crippen molar-refractivity contribution in [2.24, 2.45) is 0 Å². The van der Waals surface area contributed by atoms with Gasteiger partial charge in [0.25, 0.3) is 0 Å². The fourth-order valence-electron chi connectivity index (χ4n) is 8.46. The maximum absolute atomic E-state index is 9.65. The van der Waals surface area contributed by atoms with E-state index in [0.717, 1.165) is 72.1 Å². The van der Waals surface area contributed by atoms with Crippen molar-refractivity contribution in [2.75, 3.05) is 0 Å². The number of fused-ring (bicyclic) bond motifs is 10. The summed E-state index contributed by atoms with van der Waals surface area (Å²) in [6.45, 7) is 0. The second-order valence-corrected chi connectivity index (χ2v) is 13.6. The van der Waals surface area contributed by atoms with Gasteiger partial charge in [0.15, 0.2) is 0 Å². The van der Waals surface area contributed by atoms with E-state index in [9.17, 15) is 5.26 Å². The Bertz CT molecular complexity index is 3300. The van der Waals surface area contributed by atoms with Crippen molar-refractivity contribution in [1.29, 1.82) is 5.26 Å². The summed E-state index contributed by atoms with van der Waals surface area (Å²) in [6.07, 6.45) is 1.89. The molecular weight excluding hydrogens is 647 g/mol. The van der Waals surface area contributed by atoms with E-state index in [1.165, 1.54) is 21.7 Å². The first-order valence-corrected chi connectivity index (χ1v) is 17.8. The summed E-state index contributed by atoms with van der Waals surface area (Å²) in [6, 6.07) is 62.3. The number of pyridine rings is 1. The number of para-hydroxylation sites is 3. The Morgan fingerprint density at radius 3 is 1.79 bits per heavy atom. The predicted octanol–water partition coefficient (Wildman–Crippen LogP) is 11.9. The Morgan fingerprint density at radius 2 is 1.02 bits per heavy atom. The molecule has 0 aliphatic carbocycles. The molecule has 53 heavy (non-hydrogen) atoms. The van der Waals surface area contributed by atoms with Crippen LogP contribution in [-0.2, 0) is 0 Å². The van der Waals surface area contributed by atoms with E-state index in [0.29, 0.717) is 5.56 Å². The Hall–Kier alpha value is -7.42. The molecule has 0 atom stereocenters. The van der Waals surface area contributed by atoms with Crippen molar-refractivity contribution in [1.82, 2.24) is 18.7 Å². The summed E-state index contributed by atoms with van der Waals surface area (Å²) >= 11 is 0. The number of hydrogen-bond acceptors (Lipinski definition) is 2. The van der Waals surface area contributed by atoms with Gasteiger partial charge in [0.1, 0.15) is 5.65 Å². The van der Waals surface area contributed by atoms with Crippen LogP contribution >= 0.6 is 0 Å². The molecular formula is C48H29N5. The zero-order valence-electron chi connectivity index (χ0n) is 28.5. The first-order chi connectivity index (χ1) is 26.3. The highest BCUT2D eigenvalue weighted by Crippen LogP contribution is 2.42. The minimum Gasteiger partial charge on any atom is -0.309 e. The summed E-state index contributed by atoms with van der Waals surface area (Å²) in [5.74, 6) is 0. The van der Waals surface area contributed by atoms with Crippen molar-refractivity contribution < 1.29 is 0 Å². The molecule has 4 aromatic heterocycles. The van der Waals surface area contributed by atoms with Gasteiger partial charge in [0, 0.05) is 55.6 Å². The molecule has 5 heteroatoms. The summed E-state index contributed by atoms with van der Waals surface area (Å²) in [5, 5.41) is 16.6. The first kappa shape index (κ1) is 29.3. The van der Waals surface area contributed by atoms with Crippen LogP contribution in [0, 0.1) is 11.3 Å². The Kier molecular flexibility index (Phi) is 6.25. The second kappa shape index (κ2) is 11.3. The van der Waals surface area contributed by atoms with Crippen LogP contribution in [0.2, 0.25) is 0 Å². The van der Waals surface area contributed by atoms with Gasteiger partial charge < -0.3 is 9.13 Å². The number of hydrogen-bond donors (Lipinski definition) is 0. The van der Waals surface area contributed by atoms with E-state index in [2.05, 4.69) is 171 Å². The van der Waals surface area contributed by atoms with E-state index in [1.807, 2.05) is 24.4 Å². The van der Waals surface area contributed by atoms with Crippen LogP contribution in [-0.4, -0.2) is 18.7 Å². The molecule has 246 valence electrons. The molecule has 0 N–H and O–H groups in total. The van der Waals surface area contributed by atoms with Gasteiger partial charge in [-0.15, -0.1) is 0 Å². The normalized spacial score (nSPS) is 11.8. The van der Waals surface area contributed by atoms with Gasteiger partial charge in [0.2, 0.25) is 0 Å². The van der Waals surface area contributed by atoms with E-state index in [1.54, 1.807) is 0 Å². The molecule has 0 spiro atoms. The van der Waals surface area contributed by atoms with Crippen LogP contribution in [0.15, 0.2) is 176 Å². The second-order valence-electron chi connectivity index (χ2n) is 13.6. The third kappa shape index (κ3) is 4.27. The maximum atomic E-state index is 9.65. The summed E-state index contributed by atoms with van der Waals surface area (Å²) < 4.78 is 7.02. The molecule has 0 saturated heterocycles. The van der Waals surface area contributed by atoms with Crippen molar-refractivity contribution in [2.45, 2.75) is 0 Å². The summed E-state index contributed by atoms with van der Waals surface area (Å²) in [4.78, 5) is 5.00. The highest BCUT2D eigenvalue weighted by molar-refractivity contribution is 6.25. The molecule has 4 heterocycles. The number of nitrogens with zero attached hydrogens (tertiary/aromatic N) is 5. The fraction of sp³-hybridized carbons (Fsp3) is 0. The maximum Gasteiger partial charge on any atom is 0.145 e. The number of nitriles is 1. The molecule has 0 aliphatic rings. The van der Waals surface area contributed by atoms with Gasteiger partial charge in [-0.25, -0.2) is 4.98 Å². The minimum atomic E-state index is 0.660. The van der Waals surface area contributed by atoms with Gasteiger partial charge in [-0.3, -0.25) is 4.57 Å². The zero-order valence-corrected chi connectivity index (χ0v) is 28.5. The highest BCUT2D eigenvalue weighted by atomic mass is 15.1. The van der Waals surface area contributed by atoms with Gasteiger partial charge in [-0.2, -0.15) is 5.26 Å². The van der Waals surface area contributed by atoms with Gasteiger partial charge in [-0.05, 0) is 96.1 Å². The lowest BCUT2D eigenvalue weighted by molar-refractivity contribution is 1.14. The van der Waals surface area contributed by atoms with Crippen molar-refractivity contribution >= 4 is 65.5 Å². The summed E-state index contributed by atoms with van der Waals surface area (Å²) in [5.41, 5.74) is 12.7. The van der Waals surface area contributed by atoms with Gasteiger partial charge >= 0.3 is 0 Å². The third-order valence-corrected chi connectivity index (χ3v) is 10.7. The Balaban J connectivity index is 1.15. The van der Waals surface area contributed by atoms with Crippen LogP contribution in [0.1, 0.15) is 5.56 Å².